The number of urea groups is 1. The van der Waals surface area contributed by atoms with Gasteiger partial charge >= 0.3 is 6.03 Å². The summed E-state index contributed by atoms with van der Waals surface area (Å²) in [5, 5.41) is 15.3. The van der Waals surface area contributed by atoms with E-state index in [4.69, 9.17) is 5.10 Å². The van der Waals surface area contributed by atoms with Gasteiger partial charge in [-0.2, -0.15) is 10.2 Å². The van der Waals surface area contributed by atoms with Crippen molar-refractivity contribution in [3.8, 4) is 16.9 Å². The predicted octanol–water partition coefficient (Wildman–Crippen LogP) is 6.28. The Morgan fingerprint density at radius 1 is 1.17 bits per heavy atom. The van der Waals surface area contributed by atoms with Gasteiger partial charge in [0.2, 0.25) is 0 Å². The second-order valence-corrected chi connectivity index (χ2v) is 10.5. The van der Waals surface area contributed by atoms with E-state index < -0.39 is 0 Å². The van der Waals surface area contributed by atoms with Gasteiger partial charge in [-0.1, -0.05) is 37.6 Å². The van der Waals surface area contributed by atoms with Crippen LogP contribution in [0.3, 0.4) is 0 Å². The fourth-order valence-corrected chi connectivity index (χ4v) is 5.38. The maximum Gasteiger partial charge on any atom is 0.320 e. The fourth-order valence-electron chi connectivity index (χ4n) is 4.65. The lowest BCUT2D eigenvalue weighted by Gasteiger charge is -2.28. The molecule has 2 N–H and O–H groups in total. The number of nitrogens with zero attached hydrogens (tertiary/aromatic N) is 4. The Balaban J connectivity index is 1.39. The molecule has 2 amide bonds. The number of carbonyl (C=O) groups is 1. The third kappa shape index (κ3) is 5.04. The number of benzene rings is 2. The van der Waals surface area contributed by atoms with E-state index in [-0.39, 0.29) is 6.03 Å². The molecular weight excluding hydrogens is 468 g/mol. The third-order valence-electron chi connectivity index (χ3n) is 6.74. The monoisotopic (exact) mass is 500 g/mol. The second-order valence-electron chi connectivity index (χ2n) is 9.20. The van der Waals surface area contributed by atoms with Gasteiger partial charge in [-0.05, 0) is 66.8 Å². The molecule has 1 fully saturated rings. The highest BCUT2D eigenvalue weighted by Crippen LogP contribution is 2.39. The Morgan fingerprint density at radius 3 is 2.64 bits per heavy atom. The molecule has 4 aromatic rings. The Labute approximate surface area is 216 Å². The van der Waals surface area contributed by atoms with Crippen LogP contribution in [0.4, 0.5) is 10.6 Å². The highest BCUT2D eigenvalue weighted by Gasteiger charge is 2.23. The third-order valence-corrected chi connectivity index (χ3v) is 7.62. The number of hydrogen-bond acceptors (Lipinski definition) is 4. The van der Waals surface area contributed by atoms with E-state index in [1.165, 1.54) is 35.3 Å². The van der Waals surface area contributed by atoms with Crippen LogP contribution in [0.2, 0.25) is 0 Å². The lowest BCUT2D eigenvalue weighted by atomic mass is 9.78. The fraction of sp³-hybridized carbons (Fsp3) is 0.321. The van der Waals surface area contributed by atoms with Crippen molar-refractivity contribution in [1.82, 2.24) is 24.9 Å². The topological polar surface area (TPSA) is 76.8 Å². The normalized spacial score (nSPS) is 13.4. The van der Waals surface area contributed by atoms with Gasteiger partial charge in [-0.15, -0.1) is 11.8 Å². The standard InChI is InChI=1S/C28H32N6OS/c1-4-36-24-13-14-25(20-9-8-10-20)21(15-24)16-29-28(35)31-27-19(2)26(22-17-30-33(3)18-22)32-34(27)23-11-6-5-7-12-23/h5-7,11-15,17-18,20H,4,8-10,16H2,1-3H3,(H2,29,31,35). The molecule has 2 heterocycles. The highest BCUT2D eigenvalue weighted by atomic mass is 32.2. The van der Waals surface area contributed by atoms with E-state index in [0.29, 0.717) is 18.3 Å². The van der Waals surface area contributed by atoms with Crippen molar-refractivity contribution >= 4 is 23.6 Å². The molecule has 0 spiro atoms. The number of carbonyl (C=O) groups excluding carboxylic acids is 1. The Kier molecular flexibility index (Phi) is 7.13. The molecule has 1 aliphatic carbocycles. The summed E-state index contributed by atoms with van der Waals surface area (Å²) in [5.74, 6) is 2.28. The average Bonchev–Trinajstić information content (AvgIpc) is 3.42. The minimum Gasteiger partial charge on any atom is -0.334 e. The van der Waals surface area contributed by atoms with Crippen molar-refractivity contribution in [1.29, 1.82) is 0 Å². The van der Waals surface area contributed by atoms with Crippen LogP contribution in [0.25, 0.3) is 16.9 Å². The van der Waals surface area contributed by atoms with Gasteiger partial charge in [0.25, 0.3) is 0 Å². The molecule has 1 saturated carbocycles. The first-order chi connectivity index (χ1) is 17.5. The second kappa shape index (κ2) is 10.6. The molecule has 2 aromatic carbocycles. The first kappa shape index (κ1) is 24.2. The molecule has 5 rings (SSSR count). The van der Waals surface area contributed by atoms with E-state index >= 15 is 0 Å². The maximum atomic E-state index is 13.2. The Hall–Kier alpha value is -3.52. The number of aryl methyl sites for hydroxylation is 1. The molecule has 36 heavy (non-hydrogen) atoms. The number of thioether (sulfide) groups is 1. The lowest BCUT2D eigenvalue weighted by molar-refractivity contribution is 0.251. The van der Waals surface area contributed by atoms with E-state index in [0.717, 1.165) is 28.3 Å². The highest BCUT2D eigenvalue weighted by molar-refractivity contribution is 7.99. The molecule has 0 atom stereocenters. The van der Waals surface area contributed by atoms with E-state index in [1.807, 2.05) is 62.3 Å². The van der Waals surface area contributed by atoms with E-state index in [2.05, 4.69) is 40.9 Å². The van der Waals surface area contributed by atoms with Gasteiger partial charge in [0.15, 0.2) is 0 Å². The summed E-state index contributed by atoms with van der Waals surface area (Å²) >= 11 is 1.83. The summed E-state index contributed by atoms with van der Waals surface area (Å²) in [5.41, 5.74) is 6.03. The number of anilines is 1. The molecule has 8 heteroatoms. The van der Waals surface area contributed by atoms with Crippen LogP contribution in [0.1, 0.15) is 48.8 Å². The van der Waals surface area contributed by atoms with Gasteiger partial charge < -0.3 is 5.32 Å². The van der Waals surface area contributed by atoms with Crippen LogP contribution >= 0.6 is 11.8 Å². The minimum atomic E-state index is -0.249. The number of rotatable bonds is 8. The van der Waals surface area contributed by atoms with Gasteiger partial charge in [-0.25, -0.2) is 9.48 Å². The predicted molar refractivity (Wildman–Crippen MR) is 146 cm³/mol. The van der Waals surface area contributed by atoms with Crippen molar-refractivity contribution in [2.24, 2.45) is 7.05 Å². The molecule has 0 unspecified atom stereocenters. The van der Waals surface area contributed by atoms with Gasteiger partial charge in [-0.3, -0.25) is 10.00 Å². The van der Waals surface area contributed by atoms with E-state index in [1.54, 1.807) is 15.6 Å². The molecule has 7 nitrogen and oxygen atoms in total. The molecule has 0 saturated heterocycles. The zero-order valence-corrected chi connectivity index (χ0v) is 21.8. The Bertz CT molecular complexity index is 1360. The molecule has 186 valence electrons. The van der Waals surface area contributed by atoms with Gasteiger partial charge in [0, 0.05) is 35.8 Å². The summed E-state index contributed by atoms with van der Waals surface area (Å²) in [6, 6.07) is 16.3. The lowest BCUT2D eigenvalue weighted by Crippen LogP contribution is -2.30. The maximum absolute atomic E-state index is 13.2. The number of amides is 2. The number of aromatic nitrogens is 4. The zero-order chi connectivity index (χ0) is 25.1. The van der Waals surface area contributed by atoms with E-state index in [9.17, 15) is 4.79 Å². The quantitative estimate of drug-likeness (QED) is 0.279. The molecule has 0 radical (unpaired) electrons. The summed E-state index contributed by atoms with van der Waals surface area (Å²) in [6.07, 6.45) is 7.46. The summed E-state index contributed by atoms with van der Waals surface area (Å²) < 4.78 is 3.54. The van der Waals surface area contributed by atoms with Crippen molar-refractivity contribution in [3.05, 3.63) is 77.6 Å². The number of nitrogens with one attached hydrogen (secondary N) is 2. The molecule has 0 bridgehead atoms. The van der Waals surface area contributed by atoms with Gasteiger partial charge in [0.1, 0.15) is 11.5 Å². The largest absolute Gasteiger partial charge is 0.334 e. The summed E-state index contributed by atoms with van der Waals surface area (Å²) in [4.78, 5) is 14.4. The first-order valence-electron chi connectivity index (χ1n) is 12.5. The van der Waals surface area contributed by atoms with Gasteiger partial charge in [0.05, 0.1) is 11.9 Å². The van der Waals surface area contributed by atoms with Crippen LogP contribution in [0.5, 0.6) is 0 Å². The van der Waals surface area contributed by atoms with Crippen molar-refractivity contribution in [3.63, 3.8) is 0 Å². The molecule has 2 aromatic heterocycles. The van der Waals surface area contributed by atoms with Crippen molar-refractivity contribution < 1.29 is 4.79 Å². The Morgan fingerprint density at radius 2 is 1.97 bits per heavy atom. The minimum absolute atomic E-state index is 0.249. The van der Waals surface area contributed by atoms with Crippen LogP contribution in [0, 0.1) is 6.92 Å². The molecular formula is C28H32N6OS. The average molecular weight is 501 g/mol. The zero-order valence-electron chi connectivity index (χ0n) is 21.0. The SMILES string of the molecule is CCSc1ccc(C2CCC2)c(CNC(=O)Nc2c(C)c(-c3cnn(C)c3)nn2-c2ccccc2)c1. The van der Waals surface area contributed by atoms with Crippen LogP contribution in [-0.2, 0) is 13.6 Å². The first-order valence-corrected chi connectivity index (χ1v) is 13.5. The molecule has 0 aliphatic heterocycles. The van der Waals surface area contributed by atoms with Crippen molar-refractivity contribution in [2.75, 3.05) is 11.1 Å². The number of hydrogen-bond donors (Lipinski definition) is 2. The van der Waals surface area contributed by atoms with Crippen molar-refractivity contribution in [2.45, 2.75) is 50.5 Å². The smallest absolute Gasteiger partial charge is 0.320 e. The number of para-hydroxylation sites is 1. The van der Waals surface area contributed by atoms with Crippen LogP contribution in [-0.4, -0.2) is 31.3 Å². The van der Waals surface area contributed by atoms with Crippen LogP contribution < -0.4 is 10.6 Å². The van der Waals surface area contributed by atoms with Crippen LogP contribution in [0.15, 0.2) is 65.8 Å². The summed E-state index contributed by atoms with van der Waals surface area (Å²) in [7, 11) is 1.88. The summed E-state index contributed by atoms with van der Waals surface area (Å²) in [6.45, 7) is 4.63. The molecule has 1 aliphatic rings.